The molecule has 1 atom stereocenters. The number of rotatable bonds is 8. The second-order valence-electron chi connectivity index (χ2n) is 6.50. The second-order valence-corrected chi connectivity index (χ2v) is 8.45. The van der Waals surface area contributed by atoms with Crippen LogP contribution >= 0.6 is 0 Å². The molecule has 146 valence electrons. The van der Waals surface area contributed by atoms with Crippen molar-refractivity contribution in [2.45, 2.75) is 17.4 Å². The highest BCUT2D eigenvalue weighted by atomic mass is 32.2. The number of hydrogen-bond donors (Lipinski definition) is 2. The molecule has 2 aromatic rings. The summed E-state index contributed by atoms with van der Waals surface area (Å²) in [7, 11) is -3.60. The van der Waals surface area contributed by atoms with Crippen molar-refractivity contribution >= 4 is 21.7 Å². The first kappa shape index (κ1) is 20.0. The van der Waals surface area contributed by atoms with Gasteiger partial charge in [-0.05, 0) is 36.3 Å². The van der Waals surface area contributed by atoms with Gasteiger partial charge in [0.1, 0.15) is 5.54 Å². The van der Waals surface area contributed by atoms with Crippen molar-refractivity contribution in [2.24, 2.45) is 4.99 Å². The van der Waals surface area contributed by atoms with Gasteiger partial charge in [0.2, 0.25) is 9.84 Å². The summed E-state index contributed by atoms with van der Waals surface area (Å²) in [6, 6.07) is 15.8. The Bertz CT molecular complexity index is 1010. The van der Waals surface area contributed by atoms with Gasteiger partial charge in [0.15, 0.2) is 0 Å². The molecule has 3 rings (SSSR count). The van der Waals surface area contributed by atoms with Crippen molar-refractivity contribution in [1.29, 1.82) is 0 Å². The normalized spacial score (nSPS) is 18.7. The molecule has 1 heterocycles. The minimum atomic E-state index is -3.60. The van der Waals surface area contributed by atoms with E-state index in [1.165, 1.54) is 6.21 Å². The van der Waals surface area contributed by atoms with Crippen LogP contribution in [0.15, 0.2) is 82.0 Å². The molecule has 0 aliphatic carbocycles. The van der Waals surface area contributed by atoms with Gasteiger partial charge in [0.25, 0.3) is 0 Å². The molecule has 0 bridgehead atoms. The largest absolute Gasteiger partial charge is 0.394 e. The van der Waals surface area contributed by atoms with Crippen molar-refractivity contribution in [2.75, 3.05) is 13.2 Å². The molecular weight excluding hydrogens is 376 g/mol. The van der Waals surface area contributed by atoms with E-state index in [1.807, 2.05) is 31.2 Å². The minimum absolute atomic E-state index is 0.0872. The zero-order chi connectivity index (χ0) is 20.2. The van der Waals surface area contributed by atoms with Crippen molar-refractivity contribution in [3.63, 3.8) is 0 Å². The van der Waals surface area contributed by atoms with Gasteiger partial charge in [0, 0.05) is 6.21 Å². The SMILES string of the molecule is C=C(NOCCO)c1ccc(C2(C)C=C(S(=O)(=O)c3ccccc3)C=N2)cc1. The van der Waals surface area contributed by atoms with Crippen LogP contribution in [0.5, 0.6) is 0 Å². The topological polar surface area (TPSA) is 88.0 Å². The van der Waals surface area contributed by atoms with E-state index in [2.05, 4.69) is 17.1 Å². The Labute approximate surface area is 164 Å². The fraction of sp³-hybridized carbons (Fsp3) is 0.190. The highest BCUT2D eigenvalue weighted by Crippen LogP contribution is 2.35. The third-order valence-electron chi connectivity index (χ3n) is 4.45. The summed E-state index contributed by atoms with van der Waals surface area (Å²) >= 11 is 0. The molecule has 0 amide bonds. The summed E-state index contributed by atoms with van der Waals surface area (Å²) in [5, 5.41) is 8.73. The van der Waals surface area contributed by atoms with Crippen molar-refractivity contribution < 1.29 is 18.4 Å². The maximum absolute atomic E-state index is 12.8. The predicted octanol–water partition coefficient (Wildman–Crippen LogP) is 2.83. The lowest BCUT2D eigenvalue weighted by Gasteiger charge is -2.19. The molecule has 0 saturated heterocycles. The van der Waals surface area contributed by atoms with Crippen molar-refractivity contribution in [3.05, 3.63) is 83.3 Å². The molecular formula is C21H22N2O4S. The molecule has 6 nitrogen and oxygen atoms in total. The molecule has 0 fully saturated rings. The highest BCUT2D eigenvalue weighted by molar-refractivity contribution is 7.96. The number of aliphatic hydroxyl groups excluding tert-OH is 1. The number of sulfone groups is 1. The van der Waals surface area contributed by atoms with Crippen LogP contribution in [0, 0.1) is 0 Å². The van der Waals surface area contributed by atoms with E-state index >= 15 is 0 Å². The van der Waals surface area contributed by atoms with E-state index in [9.17, 15) is 8.42 Å². The summed E-state index contributed by atoms with van der Waals surface area (Å²) in [5.74, 6) is 0. The summed E-state index contributed by atoms with van der Waals surface area (Å²) in [5.41, 5.74) is 4.13. The van der Waals surface area contributed by atoms with Gasteiger partial charge in [-0.25, -0.2) is 8.42 Å². The lowest BCUT2D eigenvalue weighted by Crippen LogP contribution is -2.16. The zero-order valence-electron chi connectivity index (χ0n) is 15.5. The number of aliphatic hydroxyl groups is 1. The lowest BCUT2D eigenvalue weighted by atomic mass is 9.92. The molecule has 7 heteroatoms. The summed E-state index contributed by atoms with van der Waals surface area (Å²) in [6.45, 7) is 5.82. The third-order valence-corrected chi connectivity index (χ3v) is 6.19. The average Bonchev–Trinajstić information content (AvgIpc) is 3.13. The molecule has 1 aliphatic heterocycles. The standard InChI is InChI=1S/C21H22N2O4S/c1-16(23-27-13-12-24)17-8-10-18(11-9-17)21(2)14-20(15-22-21)28(25,26)19-6-4-3-5-7-19/h3-11,14-15,23-24H,1,12-13H2,2H3. The van der Waals surface area contributed by atoms with Crippen LogP contribution in [0.25, 0.3) is 5.70 Å². The first-order chi connectivity index (χ1) is 13.4. The van der Waals surface area contributed by atoms with Gasteiger partial charge in [-0.2, -0.15) is 0 Å². The van der Waals surface area contributed by atoms with Crippen LogP contribution in [-0.2, 0) is 20.2 Å². The number of hydrogen-bond acceptors (Lipinski definition) is 6. The minimum Gasteiger partial charge on any atom is -0.394 e. The Morgan fingerprint density at radius 3 is 2.50 bits per heavy atom. The molecule has 0 spiro atoms. The second kappa shape index (κ2) is 8.10. The van der Waals surface area contributed by atoms with E-state index in [1.54, 1.807) is 36.4 Å². The predicted molar refractivity (Wildman–Crippen MR) is 109 cm³/mol. The number of nitrogens with one attached hydrogen (secondary N) is 1. The van der Waals surface area contributed by atoms with Crippen molar-refractivity contribution in [1.82, 2.24) is 5.48 Å². The van der Waals surface area contributed by atoms with Crippen molar-refractivity contribution in [3.8, 4) is 0 Å². The Balaban J connectivity index is 1.81. The van der Waals surface area contributed by atoms with Crippen LogP contribution in [0.1, 0.15) is 18.1 Å². The monoisotopic (exact) mass is 398 g/mol. The van der Waals surface area contributed by atoms with Gasteiger partial charge in [-0.1, -0.05) is 49.0 Å². The van der Waals surface area contributed by atoms with Crippen LogP contribution < -0.4 is 5.48 Å². The highest BCUT2D eigenvalue weighted by Gasteiger charge is 2.32. The fourth-order valence-corrected chi connectivity index (χ4v) is 4.21. The molecule has 28 heavy (non-hydrogen) atoms. The Morgan fingerprint density at radius 1 is 1.18 bits per heavy atom. The molecule has 2 N–H and O–H groups in total. The quantitative estimate of drug-likeness (QED) is 0.527. The molecule has 1 unspecified atom stereocenters. The molecule has 0 aromatic heterocycles. The zero-order valence-corrected chi connectivity index (χ0v) is 16.3. The summed E-state index contributed by atoms with van der Waals surface area (Å²) < 4.78 is 25.6. The average molecular weight is 398 g/mol. The maximum atomic E-state index is 12.8. The van der Waals surface area contributed by atoms with Gasteiger partial charge in [-0.3, -0.25) is 15.3 Å². The number of aliphatic imine (C=N–C) groups is 1. The number of allylic oxidation sites excluding steroid dienone is 1. The third kappa shape index (κ3) is 4.06. The Kier molecular flexibility index (Phi) is 5.79. The lowest BCUT2D eigenvalue weighted by molar-refractivity contribution is 0.0481. The number of hydroxylamine groups is 1. The molecule has 2 aromatic carbocycles. The van der Waals surface area contributed by atoms with Gasteiger partial charge < -0.3 is 5.11 Å². The number of nitrogens with zero attached hydrogens (tertiary/aromatic N) is 1. The van der Waals surface area contributed by atoms with E-state index in [0.29, 0.717) is 5.70 Å². The maximum Gasteiger partial charge on any atom is 0.207 e. The van der Waals surface area contributed by atoms with Crippen LogP contribution in [0.3, 0.4) is 0 Å². The Morgan fingerprint density at radius 2 is 1.86 bits per heavy atom. The summed E-state index contributed by atoms with van der Waals surface area (Å²) in [4.78, 5) is 9.94. The van der Waals surface area contributed by atoms with Crippen LogP contribution in [-0.4, -0.2) is 33.0 Å². The molecule has 0 saturated carbocycles. The molecule has 1 aliphatic rings. The fourth-order valence-electron chi connectivity index (χ4n) is 2.84. The van der Waals surface area contributed by atoms with E-state index in [-0.39, 0.29) is 23.0 Å². The van der Waals surface area contributed by atoms with E-state index in [4.69, 9.17) is 9.94 Å². The van der Waals surface area contributed by atoms with E-state index in [0.717, 1.165) is 11.1 Å². The molecule has 0 radical (unpaired) electrons. The van der Waals surface area contributed by atoms with Gasteiger partial charge in [-0.15, -0.1) is 0 Å². The van der Waals surface area contributed by atoms with Crippen LogP contribution in [0.2, 0.25) is 0 Å². The Hall–Kier alpha value is -2.74. The van der Waals surface area contributed by atoms with Gasteiger partial charge in [0.05, 0.1) is 28.7 Å². The van der Waals surface area contributed by atoms with Crippen LogP contribution in [0.4, 0.5) is 0 Å². The summed E-state index contributed by atoms with van der Waals surface area (Å²) in [6.07, 6.45) is 3.08. The van der Waals surface area contributed by atoms with E-state index < -0.39 is 15.4 Å². The first-order valence-corrected chi connectivity index (χ1v) is 10.2. The first-order valence-electron chi connectivity index (χ1n) is 8.73. The smallest absolute Gasteiger partial charge is 0.207 e. The number of benzene rings is 2. The van der Waals surface area contributed by atoms with Gasteiger partial charge >= 0.3 is 0 Å².